The second kappa shape index (κ2) is 7.44. The number of pyridine rings is 2. The minimum absolute atomic E-state index is 0.0612. The number of halogens is 2. The molecule has 0 radical (unpaired) electrons. The number of carbonyl (C=O) groups is 1. The smallest absolute Gasteiger partial charge is 0.203 e. The van der Waals surface area contributed by atoms with E-state index in [0.29, 0.717) is 45.6 Å². The van der Waals surface area contributed by atoms with E-state index in [2.05, 4.69) is 15.4 Å². The first-order valence-corrected chi connectivity index (χ1v) is 9.09. The third-order valence-electron chi connectivity index (χ3n) is 4.35. The van der Waals surface area contributed by atoms with Crippen molar-refractivity contribution in [3.63, 3.8) is 0 Å². The fourth-order valence-electron chi connectivity index (χ4n) is 3.03. The molecule has 0 bridgehead atoms. The molecule has 0 aliphatic carbocycles. The lowest BCUT2D eigenvalue weighted by Crippen LogP contribution is -2.09. The molecule has 1 aliphatic rings. The molecular weight excluding hydrogens is 391 g/mol. The van der Waals surface area contributed by atoms with Gasteiger partial charge in [-0.2, -0.15) is 5.10 Å². The van der Waals surface area contributed by atoms with Crippen molar-refractivity contribution in [1.29, 1.82) is 0 Å². The SMILES string of the molecule is CNc1ccc(C(=O)Cc2c(Cl)cncc2Cl)c2cc(C3OCCO3)nn12. The van der Waals surface area contributed by atoms with Crippen LogP contribution in [0.4, 0.5) is 5.82 Å². The predicted octanol–water partition coefficient (Wildman–Crippen LogP) is 3.55. The van der Waals surface area contributed by atoms with Crippen LogP contribution in [0, 0.1) is 0 Å². The van der Waals surface area contributed by atoms with E-state index in [-0.39, 0.29) is 12.2 Å². The second-order valence-corrected chi connectivity index (χ2v) is 6.82. The zero-order valence-corrected chi connectivity index (χ0v) is 15.9. The van der Waals surface area contributed by atoms with E-state index in [9.17, 15) is 4.79 Å². The van der Waals surface area contributed by atoms with E-state index < -0.39 is 6.29 Å². The van der Waals surface area contributed by atoms with Crippen LogP contribution in [0.1, 0.15) is 27.9 Å². The first-order chi connectivity index (χ1) is 13.1. The molecular formula is C18H16Cl2N4O3. The Hall–Kier alpha value is -2.19. The number of hydrogen-bond donors (Lipinski definition) is 1. The van der Waals surface area contributed by atoms with Crippen molar-refractivity contribution in [2.75, 3.05) is 25.6 Å². The van der Waals surface area contributed by atoms with Gasteiger partial charge in [-0.1, -0.05) is 23.2 Å². The van der Waals surface area contributed by atoms with Gasteiger partial charge in [0.15, 0.2) is 5.78 Å². The zero-order chi connectivity index (χ0) is 19.0. The van der Waals surface area contributed by atoms with Crippen LogP contribution in [-0.4, -0.2) is 40.6 Å². The van der Waals surface area contributed by atoms with Crippen molar-refractivity contribution in [3.8, 4) is 0 Å². The highest BCUT2D eigenvalue weighted by atomic mass is 35.5. The number of anilines is 1. The van der Waals surface area contributed by atoms with Gasteiger partial charge in [-0.05, 0) is 18.2 Å². The molecule has 9 heteroatoms. The number of ether oxygens (including phenoxy) is 2. The number of Topliss-reactive ketones (excluding diaryl/α,β-unsaturated/α-hetero) is 1. The summed E-state index contributed by atoms with van der Waals surface area (Å²) >= 11 is 12.3. The summed E-state index contributed by atoms with van der Waals surface area (Å²) in [6.07, 6.45) is 2.48. The quantitative estimate of drug-likeness (QED) is 0.652. The second-order valence-electron chi connectivity index (χ2n) is 6.00. The van der Waals surface area contributed by atoms with Crippen molar-refractivity contribution in [3.05, 3.63) is 57.5 Å². The van der Waals surface area contributed by atoms with Gasteiger partial charge >= 0.3 is 0 Å². The van der Waals surface area contributed by atoms with E-state index in [4.69, 9.17) is 32.7 Å². The summed E-state index contributed by atoms with van der Waals surface area (Å²) in [5.41, 5.74) is 2.33. The normalized spacial score (nSPS) is 14.8. The molecule has 27 heavy (non-hydrogen) atoms. The lowest BCUT2D eigenvalue weighted by Gasteiger charge is -2.09. The van der Waals surface area contributed by atoms with Crippen molar-refractivity contribution >= 4 is 40.3 Å². The number of nitrogens with one attached hydrogen (secondary N) is 1. The Bertz CT molecular complexity index is 995. The Morgan fingerprint density at radius 2 is 1.96 bits per heavy atom. The first-order valence-electron chi connectivity index (χ1n) is 8.33. The van der Waals surface area contributed by atoms with Crippen LogP contribution >= 0.6 is 23.2 Å². The molecule has 0 aromatic carbocycles. The Balaban J connectivity index is 1.75. The number of rotatable bonds is 5. The maximum Gasteiger partial charge on any atom is 0.203 e. The topological polar surface area (TPSA) is 77.8 Å². The van der Waals surface area contributed by atoms with Crippen molar-refractivity contribution in [1.82, 2.24) is 14.6 Å². The molecule has 0 saturated carbocycles. The van der Waals surface area contributed by atoms with Crippen LogP contribution < -0.4 is 5.32 Å². The monoisotopic (exact) mass is 406 g/mol. The molecule has 0 atom stereocenters. The molecule has 0 unspecified atom stereocenters. The number of carbonyl (C=O) groups excluding carboxylic acids is 1. The number of hydrogen-bond acceptors (Lipinski definition) is 6. The summed E-state index contributed by atoms with van der Waals surface area (Å²) in [6, 6.07) is 5.36. The molecule has 140 valence electrons. The van der Waals surface area contributed by atoms with E-state index in [1.165, 1.54) is 12.4 Å². The van der Waals surface area contributed by atoms with Crippen LogP contribution in [0.5, 0.6) is 0 Å². The third kappa shape index (κ3) is 3.39. The number of fused-ring (bicyclic) bond motifs is 1. The molecule has 3 aromatic heterocycles. The van der Waals surface area contributed by atoms with E-state index in [1.54, 1.807) is 29.8 Å². The molecule has 1 fully saturated rings. The summed E-state index contributed by atoms with van der Waals surface area (Å²) in [5.74, 6) is 0.614. The molecule has 1 N–H and O–H groups in total. The van der Waals surface area contributed by atoms with Gasteiger partial charge < -0.3 is 14.8 Å². The predicted molar refractivity (Wildman–Crippen MR) is 102 cm³/mol. The van der Waals surface area contributed by atoms with Gasteiger partial charge in [0, 0.05) is 37.0 Å². The number of ketones is 1. The molecule has 1 aliphatic heterocycles. The standard InChI is InChI=1S/C18H16Cl2N4O3/c1-21-17-3-2-10(16(25)6-11-12(19)8-22-9-13(11)20)15-7-14(23-24(15)17)18-26-4-5-27-18/h2-3,7-9,18,21H,4-6H2,1H3. The molecule has 4 heterocycles. The van der Waals surface area contributed by atoms with Crippen molar-refractivity contribution in [2.45, 2.75) is 12.7 Å². The van der Waals surface area contributed by atoms with Gasteiger partial charge in [0.1, 0.15) is 11.5 Å². The number of aromatic nitrogens is 3. The minimum atomic E-state index is -0.526. The Kier molecular flexibility index (Phi) is 5.01. The van der Waals surface area contributed by atoms with E-state index in [1.807, 2.05) is 0 Å². The molecule has 0 spiro atoms. The lowest BCUT2D eigenvalue weighted by atomic mass is 10.0. The summed E-state index contributed by atoms with van der Waals surface area (Å²) in [4.78, 5) is 16.9. The largest absolute Gasteiger partial charge is 0.373 e. The van der Waals surface area contributed by atoms with E-state index >= 15 is 0 Å². The van der Waals surface area contributed by atoms with Gasteiger partial charge in [-0.3, -0.25) is 9.78 Å². The molecule has 3 aromatic rings. The average molecular weight is 407 g/mol. The maximum absolute atomic E-state index is 13.0. The van der Waals surface area contributed by atoms with Crippen molar-refractivity contribution in [2.24, 2.45) is 0 Å². The van der Waals surface area contributed by atoms with Gasteiger partial charge in [0.05, 0.1) is 28.8 Å². The Labute approximate surface area is 165 Å². The van der Waals surface area contributed by atoms with Crippen LogP contribution in [0.15, 0.2) is 30.6 Å². The van der Waals surface area contributed by atoms with Crippen LogP contribution in [0.3, 0.4) is 0 Å². The van der Waals surface area contributed by atoms with E-state index in [0.717, 1.165) is 5.82 Å². The van der Waals surface area contributed by atoms with Gasteiger partial charge in [0.25, 0.3) is 0 Å². The third-order valence-corrected chi connectivity index (χ3v) is 5.00. The summed E-state index contributed by atoms with van der Waals surface area (Å²) < 4.78 is 12.7. The molecule has 1 saturated heterocycles. The summed E-state index contributed by atoms with van der Waals surface area (Å²) in [7, 11) is 1.79. The minimum Gasteiger partial charge on any atom is -0.373 e. The van der Waals surface area contributed by atoms with Crippen LogP contribution in [0.2, 0.25) is 10.0 Å². The highest BCUT2D eigenvalue weighted by Gasteiger charge is 2.24. The molecule has 7 nitrogen and oxygen atoms in total. The lowest BCUT2D eigenvalue weighted by molar-refractivity contribution is -0.0474. The average Bonchev–Trinajstić information content (AvgIpc) is 3.33. The van der Waals surface area contributed by atoms with Crippen LogP contribution in [-0.2, 0) is 15.9 Å². The Morgan fingerprint density at radius 1 is 1.26 bits per heavy atom. The van der Waals surface area contributed by atoms with Gasteiger partial charge in [-0.25, -0.2) is 4.52 Å². The highest BCUT2D eigenvalue weighted by Crippen LogP contribution is 2.29. The molecule has 4 rings (SSSR count). The summed E-state index contributed by atoms with van der Waals surface area (Å²) in [5, 5.41) is 8.33. The van der Waals surface area contributed by atoms with Crippen LogP contribution in [0.25, 0.3) is 5.52 Å². The maximum atomic E-state index is 13.0. The number of nitrogens with zero attached hydrogens (tertiary/aromatic N) is 3. The molecule has 0 amide bonds. The van der Waals surface area contributed by atoms with Crippen molar-refractivity contribution < 1.29 is 14.3 Å². The highest BCUT2D eigenvalue weighted by molar-refractivity contribution is 6.36. The fraction of sp³-hybridized carbons (Fsp3) is 0.278. The zero-order valence-electron chi connectivity index (χ0n) is 14.4. The van der Waals surface area contributed by atoms with Gasteiger partial charge in [-0.15, -0.1) is 0 Å². The first kappa shape index (κ1) is 18.2. The summed E-state index contributed by atoms with van der Waals surface area (Å²) in [6.45, 7) is 1.03. The Morgan fingerprint density at radius 3 is 2.63 bits per heavy atom. The van der Waals surface area contributed by atoms with Gasteiger partial charge in [0.2, 0.25) is 6.29 Å². The fourth-order valence-corrected chi connectivity index (χ4v) is 3.52.